The van der Waals surface area contributed by atoms with Gasteiger partial charge in [-0.2, -0.15) is 0 Å². The third-order valence-electron chi connectivity index (χ3n) is 3.73. The van der Waals surface area contributed by atoms with E-state index in [4.69, 9.17) is 39.5 Å². The minimum Gasteiger partial charge on any atom is -0.490 e. The molecule has 5 heteroatoms. The van der Waals surface area contributed by atoms with Crippen LogP contribution in [-0.4, -0.2) is 19.7 Å². The minimum atomic E-state index is 0.467. The van der Waals surface area contributed by atoms with Crippen LogP contribution in [0.4, 0.5) is 0 Å². The molecule has 0 heterocycles. The van der Waals surface area contributed by atoms with Crippen LogP contribution in [0.25, 0.3) is 0 Å². The van der Waals surface area contributed by atoms with Crippen molar-refractivity contribution in [2.75, 3.05) is 13.7 Å². The summed E-state index contributed by atoms with van der Waals surface area (Å²) in [5.41, 5.74) is 0. The van der Waals surface area contributed by atoms with Gasteiger partial charge in [-0.15, -0.1) is 0 Å². The lowest BCUT2D eigenvalue weighted by atomic mass is 10.0. The molecule has 0 aliphatic heterocycles. The lowest BCUT2D eigenvalue weighted by Crippen LogP contribution is -2.29. The van der Waals surface area contributed by atoms with Crippen molar-refractivity contribution >= 4 is 34.8 Å². The van der Waals surface area contributed by atoms with Crippen LogP contribution in [0.15, 0.2) is 12.1 Å². The van der Waals surface area contributed by atoms with Gasteiger partial charge in [-0.25, -0.2) is 0 Å². The van der Waals surface area contributed by atoms with Gasteiger partial charge in [0.15, 0.2) is 5.75 Å². The number of hydrogen-bond donors (Lipinski definition) is 1. The maximum atomic E-state index is 6.08. The molecule has 1 aliphatic carbocycles. The van der Waals surface area contributed by atoms with E-state index in [9.17, 15) is 0 Å². The molecule has 1 aromatic carbocycles. The summed E-state index contributed by atoms with van der Waals surface area (Å²) in [4.78, 5) is 0. The Balaban J connectivity index is 1.89. The predicted octanol–water partition coefficient (Wildman–Crippen LogP) is 4.80. The largest absolute Gasteiger partial charge is 0.490 e. The number of nitrogens with one attached hydrogen (secondary N) is 1. The number of hydrogen-bond acceptors (Lipinski definition) is 2. The average Bonchev–Trinajstić information content (AvgIpc) is 2.79. The molecule has 2 nitrogen and oxygen atoms in total. The molecule has 2 rings (SSSR count). The van der Waals surface area contributed by atoms with E-state index in [1.807, 2.05) is 7.05 Å². The van der Waals surface area contributed by atoms with E-state index in [2.05, 4.69) is 5.32 Å². The van der Waals surface area contributed by atoms with Crippen LogP contribution in [0, 0.1) is 5.92 Å². The van der Waals surface area contributed by atoms with Crippen molar-refractivity contribution in [1.82, 2.24) is 5.32 Å². The lowest BCUT2D eigenvalue weighted by Gasteiger charge is -2.19. The summed E-state index contributed by atoms with van der Waals surface area (Å²) in [6.45, 7) is 0.629. The Bertz CT molecular complexity index is 416. The number of ether oxygens (including phenoxy) is 1. The minimum absolute atomic E-state index is 0.467. The second-order valence-corrected chi connectivity index (χ2v) is 6.17. The van der Waals surface area contributed by atoms with E-state index < -0.39 is 0 Å². The second kappa shape index (κ2) is 7.03. The Morgan fingerprint density at radius 1 is 1.21 bits per heavy atom. The summed E-state index contributed by atoms with van der Waals surface area (Å²) in [5, 5.41) is 4.82. The molecule has 1 aliphatic rings. The van der Waals surface area contributed by atoms with E-state index in [1.54, 1.807) is 12.1 Å². The molecule has 0 aromatic heterocycles. The zero-order valence-electron chi connectivity index (χ0n) is 10.9. The smallest absolute Gasteiger partial charge is 0.156 e. The molecule has 1 saturated carbocycles. The first kappa shape index (κ1) is 15.2. The summed E-state index contributed by atoms with van der Waals surface area (Å²) in [6, 6.07) is 3.91. The van der Waals surface area contributed by atoms with E-state index in [0.717, 1.165) is 6.42 Å². The van der Waals surface area contributed by atoms with Crippen molar-refractivity contribution in [2.45, 2.75) is 31.7 Å². The molecule has 19 heavy (non-hydrogen) atoms. The fraction of sp³-hybridized carbons (Fsp3) is 0.571. The van der Waals surface area contributed by atoms with Gasteiger partial charge in [0.1, 0.15) is 0 Å². The Morgan fingerprint density at radius 3 is 2.53 bits per heavy atom. The van der Waals surface area contributed by atoms with E-state index in [1.165, 1.54) is 19.3 Å². The maximum absolute atomic E-state index is 6.08. The monoisotopic (exact) mass is 321 g/mol. The highest BCUT2D eigenvalue weighted by atomic mass is 35.5. The van der Waals surface area contributed by atoms with Gasteiger partial charge in [0, 0.05) is 11.1 Å². The van der Waals surface area contributed by atoms with Crippen LogP contribution in [0.1, 0.15) is 25.7 Å². The van der Waals surface area contributed by atoms with Crippen molar-refractivity contribution in [2.24, 2.45) is 5.92 Å². The van der Waals surface area contributed by atoms with Crippen molar-refractivity contribution < 1.29 is 4.74 Å². The average molecular weight is 323 g/mol. The molecule has 1 fully saturated rings. The van der Waals surface area contributed by atoms with Gasteiger partial charge in [-0.05, 0) is 44.4 Å². The first-order valence-electron chi connectivity index (χ1n) is 6.56. The quantitative estimate of drug-likeness (QED) is 0.840. The molecule has 0 saturated heterocycles. The van der Waals surface area contributed by atoms with Crippen molar-refractivity contribution in [3.63, 3.8) is 0 Å². The SMILES string of the molecule is CNC1CCCC1CCOc1c(Cl)cc(Cl)cc1Cl. The van der Waals surface area contributed by atoms with Crippen LogP contribution in [0.3, 0.4) is 0 Å². The standard InChI is InChI=1S/C14H18Cl3NO/c1-18-13-4-2-3-9(13)5-6-19-14-11(16)7-10(15)8-12(14)17/h7-9,13,18H,2-6H2,1H3. The first-order valence-corrected chi connectivity index (χ1v) is 7.70. The van der Waals surface area contributed by atoms with Gasteiger partial charge in [0.05, 0.1) is 16.7 Å². The van der Waals surface area contributed by atoms with Crippen LogP contribution in [0.5, 0.6) is 5.75 Å². The summed E-state index contributed by atoms with van der Waals surface area (Å²) in [6.07, 6.45) is 4.82. The maximum Gasteiger partial charge on any atom is 0.156 e. The summed E-state index contributed by atoms with van der Waals surface area (Å²) in [7, 11) is 2.02. The third-order valence-corrected chi connectivity index (χ3v) is 4.51. The van der Waals surface area contributed by atoms with Gasteiger partial charge in [0.2, 0.25) is 0 Å². The Hall–Kier alpha value is -0.150. The zero-order chi connectivity index (χ0) is 13.8. The number of benzene rings is 1. The molecular formula is C14H18Cl3NO. The third kappa shape index (κ3) is 3.91. The topological polar surface area (TPSA) is 21.3 Å². The molecule has 1 N–H and O–H groups in total. The Kier molecular flexibility index (Phi) is 5.64. The highest BCUT2D eigenvalue weighted by molar-refractivity contribution is 6.40. The van der Waals surface area contributed by atoms with E-state index in [-0.39, 0.29) is 0 Å². The molecule has 2 unspecified atom stereocenters. The Labute approximate surface area is 129 Å². The predicted molar refractivity (Wildman–Crippen MR) is 81.8 cm³/mol. The lowest BCUT2D eigenvalue weighted by molar-refractivity contribution is 0.264. The zero-order valence-corrected chi connectivity index (χ0v) is 13.2. The molecule has 2 atom stereocenters. The molecule has 0 amide bonds. The van der Waals surface area contributed by atoms with Crippen LogP contribution in [0.2, 0.25) is 15.1 Å². The van der Waals surface area contributed by atoms with E-state index >= 15 is 0 Å². The second-order valence-electron chi connectivity index (χ2n) is 4.92. The van der Waals surface area contributed by atoms with Crippen LogP contribution >= 0.6 is 34.8 Å². The summed E-state index contributed by atoms with van der Waals surface area (Å²) in [5.74, 6) is 1.21. The van der Waals surface area contributed by atoms with Gasteiger partial charge >= 0.3 is 0 Å². The van der Waals surface area contributed by atoms with Crippen molar-refractivity contribution in [3.8, 4) is 5.75 Å². The van der Waals surface area contributed by atoms with Gasteiger partial charge < -0.3 is 10.1 Å². The van der Waals surface area contributed by atoms with Gasteiger partial charge in [0.25, 0.3) is 0 Å². The van der Waals surface area contributed by atoms with Crippen molar-refractivity contribution in [1.29, 1.82) is 0 Å². The Morgan fingerprint density at radius 2 is 1.89 bits per heavy atom. The summed E-state index contributed by atoms with van der Waals surface area (Å²) >= 11 is 18.0. The van der Waals surface area contributed by atoms with Gasteiger partial charge in [-0.1, -0.05) is 41.2 Å². The highest BCUT2D eigenvalue weighted by Crippen LogP contribution is 2.36. The molecule has 0 spiro atoms. The molecule has 106 valence electrons. The van der Waals surface area contributed by atoms with Crippen LogP contribution in [-0.2, 0) is 0 Å². The molecule has 0 bridgehead atoms. The first-order chi connectivity index (χ1) is 9.11. The fourth-order valence-electron chi connectivity index (χ4n) is 2.74. The highest BCUT2D eigenvalue weighted by Gasteiger charge is 2.25. The number of halogens is 3. The molecular weight excluding hydrogens is 305 g/mol. The van der Waals surface area contributed by atoms with Crippen LogP contribution < -0.4 is 10.1 Å². The molecule has 1 aromatic rings. The van der Waals surface area contributed by atoms with E-state index in [0.29, 0.717) is 39.4 Å². The van der Waals surface area contributed by atoms with Gasteiger partial charge in [-0.3, -0.25) is 0 Å². The van der Waals surface area contributed by atoms with Crippen molar-refractivity contribution in [3.05, 3.63) is 27.2 Å². The normalized spacial score (nSPS) is 22.7. The fourth-order valence-corrected chi connectivity index (χ4v) is 3.67. The molecule has 0 radical (unpaired) electrons. The summed E-state index contributed by atoms with van der Waals surface area (Å²) < 4.78 is 5.73. The number of rotatable bonds is 5.